The third-order valence-corrected chi connectivity index (χ3v) is 4.15. The van der Waals surface area contributed by atoms with E-state index in [2.05, 4.69) is 20.3 Å². The second-order valence-corrected chi connectivity index (χ2v) is 5.87. The molecular formula is C16H15FN4O2S. The fraction of sp³-hybridized carbons (Fsp3) is 0.250. The lowest BCUT2D eigenvalue weighted by Crippen LogP contribution is -2.08. The van der Waals surface area contributed by atoms with Gasteiger partial charge < -0.3 is 10.1 Å². The van der Waals surface area contributed by atoms with E-state index in [4.69, 9.17) is 4.74 Å². The second kappa shape index (κ2) is 7.31. The molecular weight excluding hydrogens is 331 g/mol. The minimum absolute atomic E-state index is 0.159. The molecule has 3 rings (SSSR count). The number of thiazole rings is 1. The molecule has 0 fully saturated rings. The summed E-state index contributed by atoms with van der Waals surface area (Å²) >= 11 is 1.44. The van der Waals surface area contributed by atoms with Crippen LogP contribution in [0.15, 0.2) is 29.9 Å². The van der Waals surface area contributed by atoms with Crippen molar-refractivity contribution in [3.8, 4) is 0 Å². The zero-order valence-corrected chi connectivity index (χ0v) is 13.8. The summed E-state index contributed by atoms with van der Waals surface area (Å²) in [5.41, 5.74) is 0.950. The first-order valence-corrected chi connectivity index (χ1v) is 8.27. The number of nitrogens with zero attached hydrogens (tertiary/aromatic N) is 3. The molecule has 0 spiro atoms. The Balaban J connectivity index is 1.70. The minimum Gasteiger partial charge on any atom is -0.466 e. The molecule has 6 nitrogen and oxygen atoms in total. The number of anilines is 1. The number of esters is 1. The van der Waals surface area contributed by atoms with Gasteiger partial charge in [-0.05, 0) is 19.1 Å². The maximum absolute atomic E-state index is 13.7. The molecule has 2 aromatic heterocycles. The summed E-state index contributed by atoms with van der Waals surface area (Å²) in [6.45, 7) is 2.55. The van der Waals surface area contributed by atoms with Crippen LogP contribution in [0.25, 0.3) is 10.9 Å². The first-order chi connectivity index (χ1) is 11.7. The molecule has 3 aromatic rings. The number of rotatable bonds is 6. The number of aromatic nitrogens is 3. The summed E-state index contributed by atoms with van der Waals surface area (Å²) in [5.74, 6) is -0.134. The highest BCUT2D eigenvalue weighted by molar-refractivity contribution is 7.09. The van der Waals surface area contributed by atoms with Gasteiger partial charge in [-0.25, -0.2) is 19.3 Å². The number of para-hydroxylation sites is 1. The number of hydrogen-bond acceptors (Lipinski definition) is 7. The molecule has 1 aromatic carbocycles. The van der Waals surface area contributed by atoms with Gasteiger partial charge in [0.25, 0.3) is 0 Å². The second-order valence-electron chi connectivity index (χ2n) is 4.93. The molecule has 0 saturated heterocycles. The van der Waals surface area contributed by atoms with Crippen LogP contribution in [0.3, 0.4) is 0 Å². The van der Waals surface area contributed by atoms with Crippen molar-refractivity contribution < 1.29 is 13.9 Å². The summed E-state index contributed by atoms with van der Waals surface area (Å²) in [6.07, 6.45) is 1.48. The van der Waals surface area contributed by atoms with Crippen LogP contribution in [-0.2, 0) is 22.5 Å². The van der Waals surface area contributed by atoms with Gasteiger partial charge in [0.05, 0.1) is 25.3 Å². The van der Waals surface area contributed by atoms with E-state index < -0.39 is 0 Å². The summed E-state index contributed by atoms with van der Waals surface area (Å²) in [4.78, 5) is 24.0. The number of hydrogen-bond donors (Lipinski definition) is 1. The van der Waals surface area contributed by atoms with Crippen molar-refractivity contribution >= 4 is 34.0 Å². The maximum atomic E-state index is 13.7. The Kier molecular flexibility index (Phi) is 4.95. The van der Waals surface area contributed by atoms with Crippen LogP contribution >= 0.6 is 11.3 Å². The lowest BCUT2D eigenvalue weighted by molar-refractivity contribution is -0.142. The van der Waals surface area contributed by atoms with Gasteiger partial charge in [-0.15, -0.1) is 11.3 Å². The first-order valence-electron chi connectivity index (χ1n) is 7.39. The van der Waals surface area contributed by atoms with E-state index in [9.17, 15) is 9.18 Å². The molecule has 0 amide bonds. The van der Waals surface area contributed by atoms with Crippen molar-refractivity contribution in [2.75, 3.05) is 11.9 Å². The largest absolute Gasteiger partial charge is 0.466 e. The number of carbonyl (C=O) groups excluding carboxylic acids is 1. The van der Waals surface area contributed by atoms with E-state index in [1.54, 1.807) is 19.1 Å². The molecule has 0 saturated carbocycles. The number of nitrogens with one attached hydrogen (secondary N) is 1. The quantitative estimate of drug-likeness (QED) is 0.692. The Hall–Kier alpha value is -2.61. The molecule has 0 atom stereocenters. The Bertz CT molecular complexity index is 868. The highest BCUT2D eigenvalue weighted by atomic mass is 32.1. The Labute approximate surface area is 141 Å². The van der Waals surface area contributed by atoms with E-state index in [-0.39, 0.29) is 23.7 Å². The third kappa shape index (κ3) is 3.65. The number of benzene rings is 1. The number of ether oxygens (including phenoxy) is 1. The van der Waals surface area contributed by atoms with Crippen LogP contribution in [0, 0.1) is 5.82 Å². The molecule has 0 aliphatic heterocycles. The number of halogens is 1. The van der Waals surface area contributed by atoms with Crippen molar-refractivity contribution in [2.24, 2.45) is 0 Å². The van der Waals surface area contributed by atoms with E-state index in [0.29, 0.717) is 30.0 Å². The average Bonchev–Trinajstić information content (AvgIpc) is 3.01. The topological polar surface area (TPSA) is 77.0 Å². The van der Waals surface area contributed by atoms with Crippen LogP contribution in [0.4, 0.5) is 10.2 Å². The molecule has 0 unspecified atom stereocenters. The maximum Gasteiger partial charge on any atom is 0.311 e. The molecule has 1 N–H and O–H groups in total. The van der Waals surface area contributed by atoms with Gasteiger partial charge >= 0.3 is 5.97 Å². The predicted molar refractivity (Wildman–Crippen MR) is 89.3 cm³/mol. The van der Waals surface area contributed by atoms with Crippen LogP contribution in [0.1, 0.15) is 17.6 Å². The van der Waals surface area contributed by atoms with Gasteiger partial charge in [-0.1, -0.05) is 6.07 Å². The van der Waals surface area contributed by atoms with Crippen molar-refractivity contribution in [3.63, 3.8) is 0 Å². The van der Waals surface area contributed by atoms with Crippen LogP contribution in [0.5, 0.6) is 0 Å². The van der Waals surface area contributed by atoms with E-state index in [1.807, 2.05) is 5.38 Å². The zero-order valence-electron chi connectivity index (χ0n) is 13.0. The van der Waals surface area contributed by atoms with Gasteiger partial charge in [0.15, 0.2) is 0 Å². The fourth-order valence-electron chi connectivity index (χ4n) is 2.22. The molecule has 0 bridgehead atoms. The summed E-state index contributed by atoms with van der Waals surface area (Å²) in [6, 6.07) is 4.74. The highest BCUT2D eigenvalue weighted by Crippen LogP contribution is 2.22. The van der Waals surface area contributed by atoms with Gasteiger partial charge in [0, 0.05) is 10.8 Å². The lowest BCUT2D eigenvalue weighted by Gasteiger charge is -2.07. The van der Waals surface area contributed by atoms with Gasteiger partial charge in [-0.3, -0.25) is 4.79 Å². The molecule has 2 heterocycles. The number of carbonyl (C=O) groups is 1. The zero-order chi connectivity index (χ0) is 16.9. The van der Waals surface area contributed by atoms with Crippen molar-refractivity contribution in [1.29, 1.82) is 0 Å². The van der Waals surface area contributed by atoms with Crippen molar-refractivity contribution in [1.82, 2.24) is 15.0 Å². The lowest BCUT2D eigenvalue weighted by atomic mass is 10.2. The molecule has 8 heteroatoms. The Morgan fingerprint density at radius 3 is 3.08 bits per heavy atom. The van der Waals surface area contributed by atoms with Gasteiger partial charge in [-0.2, -0.15) is 0 Å². The van der Waals surface area contributed by atoms with E-state index in [1.165, 1.54) is 23.7 Å². The minimum atomic E-state index is -0.385. The summed E-state index contributed by atoms with van der Waals surface area (Å²) in [7, 11) is 0. The van der Waals surface area contributed by atoms with Crippen molar-refractivity contribution in [2.45, 2.75) is 19.9 Å². The molecule has 0 radical (unpaired) electrons. The highest BCUT2D eigenvalue weighted by Gasteiger charge is 2.10. The average molecular weight is 346 g/mol. The molecule has 0 aliphatic carbocycles. The molecule has 0 aliphatic rings. The van der Waals surface area contributed by atoms with E-state index in [0.717, 1.165) is 5.01 Å². The van der Waals surface area contributed by atoms with Gasteiger partial charge in [0.1, 0.15) is 28.5 Å². The predicted octanol–water partition coefficient (Wildman–Crippen LogP) is 2.94. The smallest absolute Gasteiger partial charge is 0.311 e. The third-order valence-electron chi connectivity index (χ3n) is 3.25. The monoisotopic (exact) mass is 346 g/mol. The van der Waals surface area contributed by atoms with Crippen molar-refractivity contribution in [3.05, 3.63) is 46.4 Å². The van der Waals surface area contributed by atoms with E-state index >= 15 is 0 Å². The first kappa shape index (κ1) is 16.3. The fourth-order valence-corrected chi connectivity index (χ4v) is 2.96. The molecule has 24 heavy (non-hydrogen) atoms. The Morgan fingerprint density at radius 1 is 1.38 bits per heavy atom. The number of fused-ring (bicyclic) bond motifs is 1. The normalized spacial score (nSPS) is 10.8. The summed E-state index contributed by atoms with van der Waals surface area (Å²) in [5, 5.41) is 6.38. The molecule has 124 valence electrons. The standard InChI is InChI=1S/C16H15FN4O2S/c1-2-23-14(22)6-10-8-24-13(21-10)7-18-16-11-4-3-5-12(17)15(11)19-9-20-16/h3-5,8-9H,2,6-7H2,1H3,(H,18,19,20). The van der Waals surface area contributed by atoms with Crippen LogP contribution in [0.2, 0.25) is 0 Å². The van der Waals surface area contributed by atoms with Crippen LogP contribution in [-0.4, -0.2) is 27.5 Å². The van der Waals surface area contributed by atoms with Gasteiger partial charge in [0.2, 0.25) is 0 Å². The summed E-state index contributed by atoms with van der Waals surface area (Å²) < 4.78 is 18.6. The van der Waals surface area contributed by atoms with Crippen LogP contribution < -0.4 is 5.32 Å². The SMILES string of the molecule is CCOC(=O)Cc1csc(CNc2ncnc3c(F)cccc23)n1. The Morgan fingerprint density at radius 2 is 2.25 bits per heavy atom.